The van der Waals surface area contributed by atoms with Crippen LogP contribution in [0, 0.1) is 4.77 Å². The number of hydrogen-bond donors (Lipinski definition) is 1. The van der Waals surface area contributed by atoms with Gasteiger partial charge in [0, 0.05) is 11.3 Å². The summed E-state index contributed by atoms with van der Waals surface area (Å²) in [6, 6.07) is 20.4. The van der Waals surface area contributed by atoms with E-state index >= 15 is 0 Å². The number of nitrogens with zero attached hydrogens (tertiary/aromatic N) is 3. The summed E-state index contributed by atoms with van der Waals surface area (Å²) in [7, 11) is 0. The van der Waals surface area contributed by atoms with E-state index in [1.165, 1.54) is 4.90 Å². The van der Waals surface area contributed by atoms with E-state index in [4.69, 9.17) is 26.8 Å². The number of nitrogens with one attached hydrogen (secondary N) is 1. The summed E-state index contributed by atoms with van der Waals surface area (Å²) in [5.41, 5.74) is 2.09. The van der Waals surface area contributed by atoms with Gasteiger partial charge < -0.3 is 14.4 Å². The molecule has 2 saturated heterocycles. The second-order valence-corrected chi connectivity index (χ2v) is 8.02. The normalized spacial score (nSPS) is 19.0. The van der Waals surface area contributed by atoms with Crippen molar-refractivity contribution < 1.29 is 14.4 Å². The number of benzene rings is 2. The van der Waals surface area contributed by atoms with E-state index in [2.05, 4.69) is 28.8 Å². The van der Waals surface area contributed by atoms with E-state index in [0.29, 0.717) is 13.2 Å². The topological polar surface area (TPSA) is 45.6 Å². The third kappa shape index (κ3) is 3.67. The molecule has 0 amide bonds. The van der Waals surface area contributed by atoms with Gasteiger partial charge >= 0.3 is 0 Å². The first-order valence-electron chi connectivity index (χ1n) is 10.2. The van der Waals surface area contributed by atoms with Gasteiger partial charge in [-0.25, -0.2) is 0 Å². The highest BCUT2D eigenvalue weighted by Crippen LogP contribution is 2.27. The van der Waals surface area contributed by atoms with E-state index < -0.39 is 0 Å². The summed E-state index contributed by atoms with van der Waals surface area (Å²) in [5, 5.41) is 4.93. The molecule has 3 aromatic rings. The lowest BCUT2D eigenvalue weighted by Gasteiger charge is -2.34. The van der Waals surface area contributed by atoms with Gasteiger partial charge in [0.05, 0.1) is 39.1 Å². The van der Waals surface area contributed by atoms with Gasteiger partial charge in [0.1, 0.15) is 0 Å². The lowest BCUT2D eigenvalue weighted by molar-refractivity contribution is -0.931. The third-order valence-electron chi connectivity index (χ3n) is 5.79. The maximum Gasteiger partial charge on any atom is 0.207 e. The zero-order valence-corrected chi connectivity index (χ0v) is 17.1. The maximum atomic E-state index is 5.86. The Kier molecular flexibility index (Phi) is 5.05. The van der Waals surface area contributed by atoms with E-state index in [-0.39, 0.29) is 5.79 Å². The molecule has 2 aromatic carbocycles. The fraction of sp³-hybridized carbons (Fsp3) is 0.364. The molecule has 29 heavy (non-hydrogen) atoms. The monoisotopic (exact) mass is 409 g/mol. The predicted octanol–water partition coefficient (Wildman–Crippen LogP) is 2.45. The molecule has 2 fully saturated rings. The smallest absolute Gasteiger partial charge is 0.207 e. The van der Waals surface area contributed by atoms with Crippen molar-refractivity contribution in [3.8, 4) is 17.1 Å². The molecule has 5 rings (SSSR count). The molecular formula is C22H25N4O2S+. The lowest BCUT2D eigenvalue weighted by Crippen LogP contribution is -3.13. The molecule has 3 heterocycles. The van der Waals surface area contributed by atoms with Gasteiger partial charge in [-0.3, -0.25) is 4.57 Å². The van der Waals surface area contributed by atoms with Crippen molar-refractivity contribution in [3.63, 3.8) is 0 Å². The van der Waals surface area contributed by atoms with E-state index in [9.17, 15) is 0 Å². The second kappa shape index (κ2) is 7.84. The number of quaternary nitrogens is 1. The number of hydrogen-bond acceptors (Lipinski definition) is 4. The van der Waals surface area contributed by atoms with Crippen LogP contribution in [0.15, 0.2) is 60.7 Å². The van der Waals surface area contributed by atoms with Crippen LogP contribution in [0.25, 0.3) is 17.1 Å². The Morgan fingerprint density at radius 3 is 2.21 bits per heavy atom. The molecule has 2 aliphatic rings. The van der Waals surface area contributed by atoms with Crippen LogP contribution in [0.2, 0.25) is 0 Å². The molecule has 150 valence electrons. The molecule has 6 nitrogen and oxygen atoms in total. The van der Waals surface area contributed by atoms with Gasteiger partial charge in [0.15, 0.2) is 18.3 Å². The van der Waals surface area contributed by atoms with Crippen LogP contribution in [0.4, 0.5) is 0 Å². The minimum absolute atomic E-state index is 0.344. The standard InChI is InChI=1S/C22H24N4O2S/c29-21-25(17-24-13-11-22(12-14-24)27-15-16-28-22)23-20(18-7-3-1-4-8-18)26(21)19-9-5-2-6-10-19/h1-10H,11-17H2/p+1. The summed E-state index contributed by atoms with van der Waals surface area (Å²) in [6.45, 7) is 4.14. The van der Waals surface area contributed by atoms with Crippen molar-refractivity contribution in [1.29, 1.82) is 0 Å². The molecule has 0 unspecified atom stereocenters. The van der Waals surface area contributed by atoms with Gasteiger partial charge in [-0.15, -0.1) is 5.10 Å². The molecule has 1 aromatic heterocycles. The fourth-order valence-corrected chi connectivity index (χ4v) is 4.53. The summed E-state index contributed by atoms with van der Waals surface area (Å²) in [4.78, 5) is 1.45. The predicted molar refractivity (Wildman–Crippen MR) is 112 cm³/mol. The Morgan fingerprint density at radius 1 is 0.931 bits per heavy atom. The molecule has 0 aliphatic carbocycles. The van der Waals surface area contributed by atoms with Gasteiger partial charge in [0.2, 0.25) is 4.77 Å². The zero-order valence-electron chi connectivity index (χ0n) is 16.3. The molecule has 2 aliphatic heterocycles. The van der Waals surface area contributed by atoms with Gasteiger partial charge in [-0.05, 0) is 24.4 Å². The Labute approximate surface area is 175 Å². The van der Waals surface area contributed by atoms with Crippen molar-refractivity contribution in [2.45, 2.75) is 25.3 Å². The molecule has 0 atom stereocenters. The highest BCUT2D eigenvalue weighted by Gasteiger charge is 2.41. The quantitative estimate of drug-likeness (QED) is 0.673. The number of aromatic nitrogens is 3. The number of rotatable bonds is 4. The highest BCUT2D eigenvalue weighted by atomic mass is 32.1. The van der Waals surface area contributed by atoms with Crippen LogP contribution in [0.5, 0.6) is 0 Å². The van der Waals surface area contributed by atoms with E-state index in [1.54, 1.807) is 0 Å². The number of likely N-dealkylation sites (tertiary alicyclic amines) is 1. The van der Waals surface area contributed by atoms with E-state index in [1.807, 2.05) is 41.1 Å². The Hall–Kier alpha value is -2.32. The van der Waals surface area contributed by atoms with Gasteiger partial charge in [-0.2, -0.15) is 4.68 Å². The second-order valence-electron chi connectivity index (χ2n) is 7.66. The zero-order chi connectivity index (χ0) is 19.7. The van der Waals surface area contributed by atoms with Crippen LogP contribution < -0.4 is 4.90 Å². The van der Waals surface area contributed by atoms with Crippen molar-refractivity contribution in [2.75, 3.05) is 26.3 Å². The van der Waals surface area contributed by atoms with Crippen molar-refractivity contribution in [2.24, 2.45) is 0 Å². The summed E-state index contributed by atoms with van der Waals surface area (Å²) in [5.74, 6) is 0.529. The number of piperidine rings is 1. The first-order valence-corrected chi connectivity index (χ1v) is 10.6. The largest absolute Gasteiger partial charge is 0.347 e. The third-order valence-corrected chi connectivity index (χ3v) is 6.18. The van der Waals surface area contributed by atoms with E-state index in [0.717, 1.165) is 54.4 Å². The Balaban J connectivity index is 1.45. The maximum absolute atomic E-state index is 5.86. The lowest BCUT2D eigenvalue weighted by atomic mass is 10.0. The molecule has 1 spiro atoms. The minimum atomic E-state index is -0.344. The average molecular weight is 410 g/mol. The molecule has 7 heteroatoms. The average Bonchev–Trinajstić information content (AvgIpc) is 3.36. The van der Waals surface area contributed by atoms with Crippen molar-refractivity contribution >= 4 is 12.2 Å². The number of para-hydroxylation sites is 1. The van der Waals surface area contributed by atoms with Gasteiger partial charge in [0.25, 0.3) is 0 Å². The summed E-state index contributed by atoms with van der Waals surface area (Å²) < 4.78 is 16.5. The summed E-state index contributed by atoms with van der Waals surface area (Å²) >= 11 is 5.86. The summed E-state index contributed by atoms with van der Waals surface area (Å²) in [6.07, 6.45) is 1.83. The van der Waals surface area contributed by atoms with Crippen LogP contribution >= 0.6 is 12.2 Å². The first-order chi connectivity index (χ1) is 14.2. The van der Waals surface area contributed by atoms with Gasteiger partial charge in [-0.1, -0.05) is 48.5 Å². The first kappa shape index (κ1) is 18.7. The fourth-order valence-electron chi connectivity index (χ4n) is 4.23. The minimum Gasteiger partial charge on any atom is -0.347 e. The molecule has 0 saturated carbocycles. The van der Waals surface area contributed by atoms with Crippen LogP contribution in [0.3, 0.4) is 0 Å². The molecule has 0 radical (unpaired) electrons. The molecule has 0 bridgehead atoms. The Morgan fingerprint density at radius 2 is 1.55 bits per heavy atom. The molecular weight excluding hydrogens is 384 g/mol. The Bertz CT molecular complexity index is 1020. The van der Waals surface area contributed by atoms with Crippen LogP contribution in [0.1, 0.15) is 12.8 Å². The van der Waals surface area contributed by atoms with Crippen LogP contribution in [-0.4, -0.2) is 46.4 Å². The van der Waals surface area contributed by atoms with Crippen LogP contribution in [-0.2, 0) is 16.1 Å². The van der Waals surface area contributed by atoms with Crippen molar-refractivity contribution in [1.82, 2.24) is 14.3 Å². The van der Waals surface area contributed by atoms with Crippen molar-refractivity contribution in [3.05, 3.63) is 65.4 Å². The highest BCUT2D eigenvalue weighted by molar-refractivity contribution is 7.71. The number of ether oxygens (including phenoxy) is 2. The SMILES string of the molecule is S=c1n(C[NH+]2CCC3(CC2)OCCO3)nc(-c2ccccc2)n1-c1ccccc1. The molecule has 1 N–H and O–H groups in total.